The SMILES string of the molecule is CCCNC(COCCOC)C(CC)CC. The molecule has 0 spiro atoms. The number of nitrogens with one attached hydrogen (secondary N) is 1. The molecule has 1 atom stereocenters. The number of hydrogen-bond donors (Lipinski definition) is 1. The van der Waals surface area contributed by atoms with Crippen molar-refractivity contribution in [1.29, 1.82) is 0 Å². The minimum absolute atomic E-state index is 0.492. The van der Waals surface area contributed by atoms with E-state index in [4.69, 9.17) is 9.47 Å². The topological polar surface area (TPSA) is 30.5 Å². The van der Waals surface area contributed by atoms with Crippen molar-refractivity contribution < 1.29 is 9.47 Å². The molecule has 0 aliphatic heterocycles. The Morgan fingerprint density at radius 1 is 1.06 bits per heavy atom. The normalized spacial score (nSPS) is 13.3. The van der Waals surface area contributed by atoms with Crippen molar-refractivity contribution in [2.75, 3.05) is 33.5 Å². The molecule has 0 aromatic heterocycles. The van der Waals surface area contributed by atoms with E-state index in [9.17, 15) is 0 Å². The third-order valence-corrected chi connectivity index (χ3v) is 3.00. The van der Waals surface area contributed by atoms with Crippen molar-refractivity contribution in [1.82, 2.24) is 5.32 Å². The van der Waals surface area contributed by atoms with Crippen LogP contribution in [-0.2, 0) is 9.47 Å². The molecule has 98 valence electrons. The number of hydrogen-bond acceptors (Lipinski definition) is 3. The van der Waals surface area contributed by atoms with Crippen LogP contribution in [0.4, 0.5) is 0 Å². The van der Waals surface area contributed by atoms with Crippen LogP contribution in [0.5, 0.6) is 0 Å². The van der Waals surface area contributed by atoms with Gasteiger partial charge in [0.15, 0.2) is 0 Å². The summed E-state index contributed by atoms with van der Waals surface area (Å²) >= 11 is 0. The molecule has 16 heavy (non-hydrogen) atoms. The van der Waals surface area contributed by atoms with E-state index in [0.29, 0.717) is 25.2 Å². The molecule has 0 radical (unpaired) electrons. The van der Waals surface area contributed by atoms with E-state index in [1.165, 1.54) is 19.3 Å². The molecule has 0 aliphatic carbocycles. The Hall–Kier alpha value is -0.120. The van der Waals surface area contributed by atoms with E-state index < -0.39 is 0 Å². The van der Waals surface area contributed by atoms with Crippen LogP contribution in [-0.4, -0.2) is 39.5 Å². The van der Waals surface area contributed by atoms with E-state index in [2.05, 4.69) is 26.1 Å². The maximum atomic E-state index is 5.63. The molecule has 0 amide bonds. The summed E-state index contributed by atoms with van der Waals surface area (Å²) in [6.07, 6.45) is 3.60. The molecule has 1 N–H and O–H groups in total. The first-order valence-corrected chi connectivity index (χ1v) is 6.60. The van der Waals surface area contributed by atoms with Crippen LogP contribution in [0.25, 0.3) is 0 Å². The van der Waals surface area contributed by atoms with Gasteiger partial charge >= 0.3 is 0 Å². The summed E-state index contributed by atoms with van der Waals surface area (Å²) in [4.78, 5) is 0. The summed E-state index contributed by atoms with van der Waals surface area (Å²) in [5, 5.41) is 3.58. The lowest BCUT2D eigenvalue weighted by atomic mass is 9.94. The molecule has 3 heteroatoms. The van der Waals surface area contributed by atoms with E-state index in [1.54, 1.807) is 7.11 Å². The third-order valence-electron chi connectivity index (χ3n) is 3.00. The van der Waals surface area contributed by atoms with Gasteiger partial charge in [-0.15, -0.1) is 0 Å². The Kier molecular flexibility index (Phi) is 11.3. The second-order valence-corrected chi connectivity index (χ2v) is 4.20. The standard InChI is InChI=1S/C13H29NO2/c1-5-8-14-13(12(6-2)7-3)11-16-10-9-15-4/h12-14H,5-11H2,1-4H3. The first-order chi connectivity index (χ1) is 7.79. The van der Waals surface area contributed by atoms with E-state index in [-0.39, 0.29) is 0 Å². The van der Waals surface area contributed by atoms with Gasteiger partial charge in [-0.25, -0.2) is 0 Å². The van der Waals surface area contributed by atoms with Gasteiger partial charge in [-0.05, 0) is 18.9 Å². The van der Waals surface area contributed by atoms with Crippen molar-refractivity contribution >= 4 is 0 Å². The lowest BCUT2D eigenvalue weighted by Gasteiger charge is -2.26. The third kappa shape index (κ3) is 7.20. The van der Waals surface area contributed by atoms with Crippen molar-refractivity contribution in [3.05, 3.63) is 0 Å². The second kappa shape index (κ2) is 11.4. The van der Waals surface area contributed by atoms with E-state index in [1.807, 2.05) is 0 Å². The van der Waals surface area contributed by atoms with Crippen LogP contribution < -0.4 is 5.32 Å². The van der Waals surface area contributed by atoms with Gasteiger partial charge < -0.3 is 14.8 Å². The molecule has 0 aromatic carbocycles. The maximum Gasteiger partial charge on any atom is 0.0701 e. The number of methoxy groups -OCH3 is 1. The van der Waals surface area contributed by atoms with Gasteiger partial charge in [-0.3, -0.25) is 0 Å². The zero-order valence-corrected chi connectivity index (χ0v) is 11.4. The summed E-state index contributed by atoms with van der Waals surface area (Å²) in [6, 6.07) is 0.492. The van der Waals surface area contributed by atoms with Gasteiger partial charge in [-0.2, -0.15) is 0 Å². The van der Waals surface area contributed by atoms with Gasteiger partial charge in [0.2, 0.25) is 0 Å². The Bertz CT molecular complexity index is 138. The molecule has 0 heterocycles. The average molecular weight is 231 g/mol. The Labute approximate surface area is 101 Å². The summed E-state index contributed by atoms with van der Waals surface area (Å²) in [6.45, 7) is 9.96. The highest BCUT2D eigenvalue weighted by Crippen LogP contribution is 2.13. The summed E-state index contributed by atoms with van der Waals surface area (Å²) in [7, 11) is 1.71. The predicted molar refractivity (Wildman–Crippen MR) is 68.8 cm³/mol. The monoisotopic (exact) mass is 231 g/mol. The quantitative estimate of drug-likeness (QED) is 0.554. The van der Waals surface area contributed by atoms with Crippen LogP contribution in [0.15, 0.2) is 0 Å². The fourth-order valence-corrected chi connectivity index (χ4v) is 1.90. The van der Waals surface area contributed by atoms with Gasteiger partial charge in [0.05, 0.1) is 19.8 Å². The molecule has 3 nitrogen and oxygen atoms in total. The molecule has 0 fully saturated rings. The molecular formula is C13H29NO2. The van der Waals surface area contributed by atoms with Gasteiger partial charge in [0.1, 0.15) is 0 Å². The first kappa shape index (κ1) is 15.9. The van der Waals surface area contributed by atoms with Crippen molar-refractivity contribution in [2.24, 2.45) is 5.92 Å². The van der Waals surface area contributed by atoms with E-state index >= 15 is 0 Å². The Morgan fingerprint density at radius 3 is 2.25 bits per heavy atom. The lowest BCUT2D eigenvalue weighted by molar-refractivity contribution is 0.0481. The molecule has 1 unspecified atom stereocenters. The number of rotatable bonds is 11. The molecule has 0 rings (SSSR count). The minimum Gasteiger partial charge on any atom is -0.382 e. The highest BCUT2D eigenvalue weighted by atomic mass is 16.5. The van der Waals surface area contributed by atoms with Crippen LogP contribution in [0, 0.1) is 5.92 Å². The van der Waals surface area contributed by atoms with Gasteiger partial charge in [-0.1, -0.05) is 33.6 Å². The predicted octanol–water partition coefficient (Wildman–Crippen LogP) is 2.45. The fraction of sp³-hybridized carbons (Fsp3) is 1.00. The smallest absolute Gasteiger partial charge is 0.0701 e. The molecule has 0 saturated heterocycles. The van der Waals surface area contributed by atoms with Crippen molar-refractivity contribution in [3.63, 3.8) is 0 Å². The Morgan fingerprint density at radius 2 is 1.75 bits per heavy atom. The first-order valence-electron chi connectivity index (χ1n) is 6.60. The van der Waals surface area contributed by atoms with Crippen LogP contribution in [0.1, 0.15) is 40.0 Å². The molecular weight excluding hydrogens is 202 g/mol. The zero-order chi connectivity index (χ0) is 12.2. The maximum absolute atomic E-state index is 5.63. The fourth-order valence-electron chi connectivity index (χ4n) is 1.90. The van der Waals surface area contributed by atoms with Gasteiger partial charge in [0.25, 0.3) is 0 Å². The largest absolute Gasteiger partial charge is 0.382 e. The van der Waals surface area contributed by atoms with Crippen molar-refractivity contribution in [2.45, 2.75) is 46.1 Å². The number of ether oxygens (including phenoxy) is 2. The summed E-state index contributed by atoms with van der Waals surface area (Å²) < 4.78 is 10.6. The highest BCUT2D eigenvalue weighted by molar-refractivity contribution is 4.74. The molecule has 0 bridgehead atoms. The summed E-state index contributed by atoms with van der Waals surface area (Å²) in [5.74, 6) is 0.717. The Balaban J connectivity index is 3.88. The average Bonchev–Trinajstić information content (AvgIpc) is 2.31. The molecule has 0 aliphatic rings. The zero-order valence-electron chi connectivity index (χ0n) is 11.4. The van der Waals surface area contributed by atoms with Crippen LogP contribution in [0.2, 0.25) is 0 Å². The highest BCUT2D eigenvalue weighted by Gasteiger charge is 2.17. The molecule has 0 aromatic rings. The lowest BCUT2D eigenvalue weighted by Crippen LogP contribution is -2.40. The summed E-state index contributed by atoms with van der Waals surface area (Å²) in [5.41, 5.74) is 0. The van der Waals surface area contributed by atoms with Crippen LogP contribution in [0.3, 0.4) is 0 Å². The minimum atomic E-state index is 0.492. The second-order valence-electron chi connectivity index (χ2n) is 4.20. The molecule has 0 saturated carbocycles. The van der Waals surface area contributed by atoms with Crippen molar-refractivity contribution in [3.8, 4) is 0 Å². The van der Waals surface area contributed by atoms with Crippen LogP contribution >= 0.6 is 0 Å². The van der Waals surface area contributed by atoms with Gasteiger partial charge in [0, 0.05) is 13.2 Å². The van der Waals surface area contributed by atoms with E-state index in [0.717, 1.165) is 13.2 Å².